The van der Waals surface area contributed by atoms with Crippen LogP contribution in [0.25, 0.3) is 0 Å². The van der Waals surface area contributed by atoms with E-state index in [1.54, 1.807) is 24.4 Å². The van der Waals surface area contributed by atoms with Crippen LogP contribution in [0.15, 0.2) is 35.4 Å². The Labute approximate surface area is 109 Å². The second-order valence-electron chi connectivity index (χ2n) is 3.62. The van der Waals surface area contributed by atoms with Crippen molar-refractivity contribution >= 4 is 17.3 Å². The van der Waals surface area contributed by atoms with Crippen molar-refractivity contribution in [2.45, 2.75) is 13.5 Å². The lowest BCUT2D eigenvalue weighted by atomic mass is 10.3. The number of rotatable bonds is 3. The third-order valence-corrected chi connectivity index (χ3v) is 2.68. The van der Waals surface area contributed by atoms with Crippen LogP contribution in [0.1, 0.15) is 6.92 Å². The molecule has 0 fully saturated rings. The molecule has 1 aromatic carbocycles. The summed E-state index contributed by atoms with van der Waals surface area (Å²) in [7, 11) is 0. The topological polar surface area (TPSA) is 70.1 Å². The molecule has 5 nitrogen and oxygen atoms in total. The van der Waals surface area contributed by atoms with Crippen molar-refractivity contribution in [3.8, 4) is 11.6 Å². The molecule has 1 heterocycles. The molecular formula is C12H12ClN3O2. The molecule has 0 saturated carbocycles. The molecule has 6 heteroatoms. The number of nitrogens with two attached hydrogens (primary N) is 1. The molecule has 0 amide bonds. The normalized spacial score (nSPS) is 10.3. The first-order valence-corrected chi connectivity index (χ1v) is 5.78. The fourth-order valence-electron chi connectivity index (χ4n) is 1.45. The molecular weight excluding hydrogens is 254 g/mol. The van der Waals surface area contributed by atoms with E-state index in [2.05, 4.69) is 4.98 Å². The number of hydrogen-bond acceptors (Lipinski definition) is 4. The van der Waals surface area contributed by atoms with Crippen LogP contribution in [0.2, 0.25) is 5.02 Å². The first-order chi connectivity index (χ1) is 8.61. The van der Waals surface area contributed by atoms with E-state index in [1.807, 2.05) is 6.92 Å². The standard InChI is InChI=1S/C12H12ClN3O2/c1-2-16-6-5-15-11(12(16)17)18-10-4-3-8(14)7-9(10)13/h3-7H,2,14H2,1H3. The molecule has 0 atom stereocenters. The van der Waals surface area contributed by atoms with Crippen LogP contribution < -0.4 is 16.0 Å². The van der Waals surface area contributed by atoms with Gasteiger partial charge in [-0.15, -0.1) is 0 Å². The molecule has 1 aromatic heterocycles. The van der Waals surface area contributed by atoms with Crippen molar-refractivity contribution in [2.24, 2.45) is 0 Å². The number of nitrogen functional groups attached to an aromatic ring is 1. The molecule has 0 aliphatic rings. The van der Waals surface area contributed by atoms with Crippen LogP contribution in [-0.4, -0.2) is 9.55 Å². The van der Waals surface area contributed by atoms with Crippen LogP contribution in [0.3, 0.4) is 0 Å². The Balaban J connectivity index is 2.37. The van der Waals surface area contributed by atoms with Gasteiger partial charge in [-0.25, -0.2) is 4.98 Å². The average molecular weight is 266 g/mol. The van der Waals surface area contributed by atoms with Gasteiger partial charge in [-0.2, -0.15) is 0 Å². The Bertz CT molecular complexity index is 625. The lowest BCUT2D eigenvalue weighted by Crippen LogP contribution is -2.20. The van der Waals surface area contributed by atoms with Crippen LogP contribution in [0.4, 0.5) is 5.69 Å². The molecule has 94 valence electrons. The van der Waals surface area contributed by atoms with E-state index >= 15 is 0 Å². The molecule has 2 rings (SSSR count). The Morgan fingerprint density at radius 3 is 2.94 bits per heavy atom. The number of halogens is 1. The van der Waals surface area contributed by atoms with E-state index in [9.17, 15) is 4.79 Å². The Kier molecular flexibility index (Phi) is 3.53. The first kappa shape index (κ1) is 12.4. The molecule has 0 bridgehead atoms. The summed E-state index contributed by atoms with van der Waals surface area (Å²) in [5, 5.41) is 0.336. The summed E-state index contributed by atoms with van der Waals surface area (Å²) >= 11 is 5.96. The van der Waals surface area contributed by atoms with Gasteiger partial charge in [0.25, 0.3) is 5.88 Å². The Morgan fingerprint density at radius 1 is 1.50 bits per heavy atom. The largest absolute Gasteiger partial charge is 0.433 e. The zero-order valence-electron chi connectivity index (χ0n) is 9.76. The van der Waals surface area contributed by atoms with Crippen molar-refractivity contribution in [1.29, 1.82) is 0 Å². The van der Waals surface area contributed by atoms with E-state index in [-0.39, 0.29) is 11.4 Å². The SMILES string of the molecule is CCn1ccnc(Oc2ccc(N)cc2Cl)c1=O. The molecule has 0 spiro atoms. The molecule has 18 heavy (non-hydrogen) atoms. The number of nitrogens with zero attached hydrogens (tertiary/aromatic N) is 2. The quantitative estimate of drug-likeness (QED) is 0.865. The Morgan fingerprint density at radius 2 is 2.28 bits per heavy atom. The van der Waals surface area contributed by atoms with Crippen LogP contribution in [0.5, 0.6) is 11.6 Å². The maximum Gasteiger partial charge on any atom is 0.313 e. The van der Waals surface area contributed by atoms with Crippen molar-refractivity contribution in [3.63, 3.8) is 0 Å². The van der Waals surface area contributed by atoms with Crippen molar-refractivity contribution < 1.29 is 4.74 Å². The molecule has 0 saturated heterocycles. The minimum Gasteiger partial charge on any atom is -0.433 e. The third-order valence-electron chi connectivity index (χ3n) is 2.39. The van der Waals surface area contributed by atoms with Gasteiger partial charge < -0.3 is 15.0 Å². The van der Waals surface area contributed by atoms with Gasteiger partial charge in [-0.3, -0.25) is 4.79 Å². The minimum absolute atomic E-state index is 0.00831. The van der Waals surface area contributed by atoms with E-state index in [4.69, 9.17) is 22.1 Å². The monoisotopic (exact) mass is 265 g/mol. The highest BCUT2D eigenvalue weighted by Crippen LogP contribution is 2.28. The number of ether oxygens (including phenoxy) is 1. The van der Waals surface area contributed by atoms with Gasteiger partial charge in [0.2, 0.25) is 0 Å². The van der Waals surface area contributed by atoms with Gasteiger partial charge in [0.05, 0.1) is 5.02 Å². The fourth-order valence-corrected chi connectivity index (χ4v) is 1.68. The van der Waals surface area contributed by atoms with Gasteiger partial charge in [0.1, 0.15) is 5.75 Å². The molecule has 2 N–H and O–H groups in total. The molecule has 0 aliphatic heterocycles. The number of hydrogen-bond donors (Lipinski definition) is 1. The summed E-state index contributed by atoms with van der Waals surface area (Å²) in [6, 6.07) is 4.79. The minimum atomic E-state index is -0.298. The van der Waals surface area contributed by atoms with E-state index in [1.165, 1.54) is 10.8 Å². The second kappa shape index (κ2) is 5.10. The molecule has 0 aliphatic carbocycles. The van der Waals surface area contributed by atoms with Gasteiger partial charge in [-0.1, -0.05) is 11.6 Å². The van der Waals surface area contributed by atoms with Crippen molar-refractivity contribution in [2.75, 3.05) is 5.73 Å². The highest BCUT2D eigenvalue weighted by molar-refractivity contribution is 6.32. The molecule has 0 radical (unpaired) electrons. The fraction of sp³-hybridized carbons (Fsp3) is 0.167. The van der Waals surface area contributed by atoms with E-state index in [0.717, 1.165) is 0 Å². The number of anilines is 1. The van der Waals surface area contributed by atoms with Crippen molar-refractivity contribution in [3.05, 3.63) is 46.0 Å². The van der Waals surface area contributed by atoms with E-state index in [0.29, 0.717) is 23.0 Å². The summed E-state index contributed by atoms with van der Waals surface area (Å²) in [6.07, 6.45) is 3.10. The lowest BCUT2D eigenvalue weighted by Gasteiger charge is -2.08. The first-order valence-electron chi connectivity index (χ1n) is 5.40. The average Bonchev–Trinajstić information content (AvgIpc) is 2.35. The predicted octanol–water partition coefficient (Wildman–Crippen LogP) is 2.29. The molecule has 2 aromatic rings. The number of aryl methyl sites for hydroxylation is 1. The van der Waals surface area contributed by atoms with Gasteiger partial charge >= 0.3 is 5.56 Å². The number of aromatic nitrogens is 2. The maximum absolute atomic E-state index is 11.9. The maximum atomic E-state index is 11.9. The van der Waals surface area contributed by atoms with Crippen molar-refractivity contribution in [1.82, 2.24) is 9.55 Å². The zero-order chi connectivity index (χ0) is 13.1. The highest BCUT2D eigenvalue weighted by atomic mass is 35.5. The van der Waals surface area contributed by atoms with Gasteiger partial charge in [-0.05, 0) is 25.1 Å². The zero-order valence-corrected chi connectivity index (χ0v) is 10.5. The van der Waals surface area contributed by atoms with Gasteiger partial charge in [0.15, 0.2) is 0 Å². The molecule has 0 unspecified atom stereocenters. The third kappa shape index (κ3) is 2.46. The van der Waals surface area contributed by atoms with Gasteiger partial charge in [0, 0.05) is 24.6 Å². The highest BCUT2D eigenvalue weighted by Gasteiger charge is 2.09. The summed E-state index contributed by atoms with van der Waals surface area (Å²) < 4.78 is 6.90. The number of benzene rings is 1. The van der Waals surface area contributed by atoms with Crippen LogP contribution in [-0.2, 0) is 6.54 Å². The summed E-state index contributed by atoms with van der Waals surface area (Å²) in [5.74, 6) is 0.343. The van der Waals surface area contributed by atoms with E-state index < -0.39 is 0 Å². The lowest BCUT2D eigenvalue weighted by molar-refractivity contribution is 0.446. The summed E-state index contributed by atoms with van der Waals surface area (Å²) in [5.41, 5.74) is 5.80. The smallest absolute Gasteiger partial charge is 0.313 e. The van der Waals surface area contributed by atoms with Crippen LogP contribution in [0, 0.1) is 0 Å². The van der Waals surface area contributed by atoms with Crippen LogP contribution >= 0.6 is 11.6 Å². The second-order valence-corrected chi connectivity index (χ2v) is 4.02. The summed E-state index contributed by atoms with van der Waals surface area (Å²) in [6.45, 7) is 2.41. The Hall–Kier alpha value is -2.01. The summed E-state index contributed by atoms with van der Waals surface area (Å²) in [4.78, 5) is 15.8. The predicted molar refractivity (Wildman–Crippen MR) is 70.1 cm³/mol.